The van der Waals surface area contributed by atoms with E-state index in [0.717, 1.165) is 17.0 Å². The Bertz CT molecular complexity index is 555. The average molecular weight is 275 g/mol. The first-order valence-electron chi connectivity index (χ1n) is 5.42. The van der Waals surface area contributed by atoms with Crippen LogP contribution in [0, 0.1) is 6.92 Å². The first-order valence-corrected chi connectivity index (χ1v) is 6.86. The van der Waals surface area contributed by atoms with Crippen LogP contribution in [0.3, 0.4) is 0 Å². The summed E-state index contributed by atoms with van der Waals surface area (Å²) < 4.78 is 30.2. The van der Waals surface area contributed by atoms with Gasteiger partial charge in [0.25, 0.3) is 10.0 Å². The van der Waals surface area contributed by atoms with Crippen LogP contribution in [0.4, 0.5) is 0 Å². The van der Waals surface area contributed by atoms with Gasteiger partial charge in [0.05, 0.1) is 6.61 Å². The zero-order valence-corrected chi connectivity index (χ0v) is 10.6. The summed E-state index contributed by atoms with van der Waals surface area (Å²) in [6, 6.07) is 1.00. The van der Waals surface area contributed by atoms with E-state index in [4.69, 9.17) is 14.4 Å². The molecular weight excluding hydrogens is 262 g/mol. The zero-order chi connectivity index (χ0) is 13.3. The summed E-state index contributed by atoms with van der Waals surface area (Å²) in [5, 5.41) is 8.77. The summed E-state index contributed by atoms with van der Waals surface area (Å²) in [5.41, 5.74) is 0. The first-order chi connectivity index (χ1) is 8.43. The van der Waals surface area contributed by atoms with Crippen LogP contribution in [0.15, 0.2) is 15.4 Å². The Morgan fingerprint density at radius 2 is 2.17 bits per heavy atom. The second kappa shape index (κ2) is 4.71. The van der Waals surface area contributed by atoms with Crippen molar-refractivity contribution < 1.29 is 27.6 Å². The van der Waals surface area contributed by atoms with Crippen LogP contribution in [-0.2, 0) is 14.9 Å². The molecule has 0 amide bonds. The monoisotopic (exact) mass is 275 g/mol. The van der Waals surface area contributed by atoms with Crippen LogP contribution in [0.2, 0.25) is 0 Å². The zero-order valence-electron chi connectivity index (χ0n) is 9.75. The van der Waals surface area contributed by atoms with Crippen LogP contribution >= 0.6 is 0 Å². The van der Waals surface area contributed by atoms with Gasteiger partial charge >= 0.3 is 5.97 Å². The summed E-state index contributed by atoms with van der Waals surface area (Å²) in [6.45, 7) is 2.00. The molecule has 0 aliphatic carbocycles. The second-order valence-corrected chi connectivity index (χ2v) is 5.71. The van der Waals surface area contributed by atoms with Crippen LogP contribution in [0.5, 0.6) is 0 Å². The molecule has 18 heavy (non-hydrogen) atoms. The number of furan rings is 1. The summed E-state index contributed by atoms with van der Waals surface area (Å²) >= 11 is 0. The third-order valence-electron chi connectivity index (χ3n) is 2.60. The number of hydroxylamine groups is 1. The minimum absolute atomic E-state index is 0.0431. The van der Waals surface area contributed by atoms with E-state index in [1.165, 1.54) is 6.92 Å². The Hall–Kier alpha value is -1.38. The molecule has 2 heterocycles. The number of carbonyl (C=O) groups is 1. The maximum Gasteiger partial charge on any atom is 0.371 e. The number of aryl methyl sites for hydroxylation is 1. The summed E-state index contributed by atoms with van der Waals surface area (Å²) in [5.74, 6) is -1.66. The van der Waals surface area contributed by atoms with Gasteiger partial charge in [-0.05, 0) is 19.8 Å². The molecule has 0 aromatic carbocycles. The van der Waals surface area contributed by atoms with E-state index in [1.54, 1.807) is 0 Å². The van der Waals surface area contributed by atoms with E-state index in [1.807, 2.05) is 0 Å². The van der Waals surface area contributed by atoms with Gasteiger partial charge in [0.2, 0.25) is 5.76 Å². The first kappa shape index (κ1) is 13.1. The Labute approximate surface area is 104 Å². The summed E-state index contributed by atoms with van der Waals surface area (Å²) in [6.07, 6.45) is 1.51. The minimum atomic E-state index is -3.85. The third kappa shape index (κ3) is 2.26. The molecule has 100 valence electrons. The van der Waals surface area contributed by atoms with E-state index in [2.05, 4.69) is 0 Å². The predicted molar refractivity (Wildman–Crippen MR) is 59.5 cm³/mol. The topological polar surface area (TPSA) is 97.0 Å². The number of rotatable bonds is 3. The van der Waals surface area contributed by atoms with Gasteiger partial charge < -0.3 is 9.52 Å². The fourth-order valence-electron chi connectivity index (χ4n) is 1.70. The highest BCUT2D eigenvalue weighted by Gasteiger charge is 2.32. The van der Waals surface area contributed by atoms with E-state index in [-0.39, 0.29) is 17.2 Å². The largest absolute Gasteiger partial charge is 0.475 e. The summed E-state index contributed by atoms with van der Waals surface area (Å²) in [4.78, 5) is 15.6. The number of hydrogen-bond acceptors (Lipinski definition) is 5. The maximum atomic E-state index is 12.2. The van der Waals surface area contributed by atoms with Gasteiger partial charge in [-0.1, -0.05) is 4.47 Å². The molecule has 0 atom stereocenters. The molecule has 1 aromatic rings. The number of nitrogens with zero attached hydrogens (tertiary/aromatic N) is 1. The van der Waals surface area contributed by atoms with Gasteiger partial charge in [0.15, 0.2) is 0 Å². The van der Waals surface area contributed by atoms with Crippen molar-refractivity contribution >= 4 is 16.0 Å². The molecule has 1 aliphatic heterocycles. The molecule has 1 saturated heterocycles. The van der Waals surface area contributed by atoms with Gasteiger partial charge in [-0.3, -0.25) is 4.84 Å². The standard InChI is InChI=1S/C10H13NO6S/c1-7-9(6-8(17-7)10(12)13)18(14,15)11-4-2-3-5-16-11/h6H,2-5H2,1H3,(H,12,13). The fourth-order valence-corrected chi connectivity index (χ4v) is 3.16. The Balaban J connectivity index is 2.37. The SMILES string of the molecule is Cc1oc(C(=O)O)cc1S(=O)(=O)N1CCCCO1. The van der Waals surface area contributed by atoms with Crippen molar-refractivity contribution in [1.29, 1.82) is 0 Å². The predicted octanol–water partition coefficient (Wildman–Crippen LogP) is 1.00. The molecule has 1 aromatic heterocycles. The van der Waals surface area contributed by atoms with Crippen LogP contribution in [0.25, 0.3) is 0 Å². The van der Waals surface area contributed by atoms with Crippen LogP contribution < -0.4 is 0 Å². The number of sulfonamides is 1. The summed E-state index contributed by atoms with van der Waals surface area (Å²) in [7, 11) is -3.85. The Morgan fingerprint density at radius 3 is 2.67 bits per heavy atom. The van der Waals surface area contributed by atoms with Crippen molar-refractivity contribution in [2.75, 3.05) is 13.2 Å². The Morgan fingerprint density at radius 1 is 1.44 bits per heavy atom. The Kier molecular flexibility index (Phi) is 3.42. The molecule has 0 radical (unpaired) electrons. The normalized spacial score (nSPS) is 17.8. The molecule has 0 spiro atoms. The molecule has 0 saturated carbocycles. The maximum absolute atomic E-state index is 12.2. The lowest BCUT2D eigenvalue weighted by molar-refractivity contribution is -0.108. The fraction of sp³-hybridized carbons (Fsp3) is 0.500. The van der Waals surface area contributed by atoms with Gasteiger partial charge in [0, 0.05) is 12.6 Å². The van der Waals surface area contributed by atoms with E-state index < -0.39 is 21.8 Å². The van der Waals surface area contributed by atoms with Gasteiger partial charge in [-0.25, -0.2) is 13.2 Å². The lowest BCUT2D eigenvalue weighted by Gasteiger charge is -2.24. The van der Waals surface area contributed by atoms with E-state index >= 15 is 0 Å². The molecule has 1 aliphatic rings. The molecule has 2 rings (SSSR count). The van der Waals surface area contributed by atoms with Gasteiger partial charge in [-0.15, -0.1) is 0 Å². The van der Waals surface area contributed by atoms with Crippen molar-refractivity contribution in [3.05, 3.63) is 17.6 Å². The number of carboxylic acid groups (broad SMARTS) is 1. The highest BCUT2D eigenvalue weighted by atomic mass is 32.2. The van der Waals surface area contributed by atoms with Gasteiger partial charge in [-0.2, -0.15) is 0 Å². The van der Waals surface area contributed by atoms with Crippen molar-refractivity contribution in [1.82, 2.24) is 4.47 Å². The molecule has 8 heteroatoms. The van der Waals surface area contributed by atoms with Crippen molar-refractivity contribution in [2.45, 2.75) is 24.7 Å². The van der Waals surface area contributed by atoms with Crippen molar-refractivity contribution in [3.63, 3.8) is 0 Å². The molecule has 1 fully saturated rings. The number of hydrogen-bond donors (Lipinski definition) is 1. The van der Waals surface area contributed by atoms with Crippen molar-refractivity contribution in [2.24, 2.45) is 0 Å². The highest BCUT2D eigenvalue weighted by Crippen LogP contribution is 2.25. The third-order valence-corrected chi connectivity index (χ3v) is 4.38. The van der Waals surface area contributed by atoms with Crippen molar-refractivity contribution in [3.8, 4) is 0 Å². The minimum Gasteiger partial charge on any atom is -0.475 e. The molecule has 0 bridgehead atoms. The van der Waals surface area contributed by atoms with Crippen LogP contribution in [0.1, 0.15) is 29.2 Å². The lowest BCUT2D eigenvalue weighted by Crippen LogP contribution is -2.35. The second-order valence-electron chi connectivity index (χ2n) is 3.91. The molecule has 1 N–H and O–H groups in total. The molecule has 7 nitrogen and oxygen atoms in total. The molecule has 0 unspecified atom stereocenters. The average Bonchev–Trinajstić information content (AvgIpc) is 2.73. The molecular formula is C10H13NO6S. The quantitative estimate of drug-likeness (QED) is 0.884. The lowest BCUT2D eigenvalue weighted by atomic mass is 10.3. The smallest absolute Gasteiger partial charge is 0.371 e. The van der Waals surface area contributed by atoms with Crippen LogP contribution in [-0.4, -0.2) is 37.1 Å². The highest BCUT2D eigenvalue weighted by molar-refractivity contribution is 7.89. The van der Waals surface area contributed by atoms with Gasteiger partial charge in [0.1, 0.15) is 10.7 Å². The van der Waals surface area contributed by atoms with E-state index in [0.29, 0.717) is 13.0 Å². The number of aromatic carboxylic acids is 1. The number of carboxylic acids is 1. The van der Waals surface area contributed by atoms with E-state index in [9.17, 15) is 13.2 Å².